The van der Waals surface area contributed by atoms with Gasteiger partial charge in [-0.05, 0) is 72.4 Å². The topological polar surface area (TPSA) is 58.2 Å². The van der Waals surface area contributed by atoms with E-state index >= 15 is 0 Å². The van der Waals surface area contributed by atoms with Crippen LogP contribution < -0.4 is 10.0 Å². The van der Waals surface area contributed by atoms with Crippen molar-refractivity contribution in [1.29, 1.82) is 0 Å². The van der Waals surface area contributed by atoms with Crippen LogP contribution in [0.4, 0.5) is 0 Å². The fourth-order valence-corrected chi connectivity index (χ4v) is 3.86. The number of nitrogens with one attached hydrogen (secondary N) is 2. The van der Waals surface area contributed by atoms with Crippen LogP contribution in [0.15, 0.2) is 27.6 Å². The van der Waals surface area contributed by atoms with Gasteiger partial charge in [0.05, 0.1) is 9.92 Å². The van der Waals surface area contributed by atoms with Crippen LogP contribution in [0.3, 0.4) is 0 Å². The quantitative estimate of drug-likeness (QED) is 0.773. The maximum Gasteiger partial charge on any atom is 0.240 e. The number of halogens is 3. The van der Waals surface area contributed by atoms with E-state index in [1.807, 2.05) is 0 Å². The van der Waals surface area contributed by atoms with Gasteiger partial charge in [-0.25, -0.2) is 13.1 Å². The summed E-state index contributed by atoms with van der Waals surface area (Å²) in [5.41, 5.74) is 0. The number of piperidine rings is 1. The van der Waals surface area contributed by atoms with Gasteiger partial charge in [0.15, 0.2) is 0 Å². The van der Waals surface area contributed by atoms with Crippen molar-refractivity contribution in [3.63, 3.8) is 0 Å². The molecule has 1 atom stereocenters. The Balaban J connectivity index is 0.00000220. The summed E-state index contributed by atoms with van der Waals surface area (Å²) in [4.78, 5) is 0.201. The fraction of sp³-hybridized carbons (Fsp3) is 0.538. The summed E-state index contributed by atoms with van der Waals surface area (Å²) in [6.45, 7) is 2.51. The zero-order valence-corrected chi connectivity index (χ0v) is 15.4. The molecule has 1 aliphatic heterocycles. The van der Waals surface area contributed by atoms with Gasteiger partial charge >= 0.3 is 0 Å². The van der Waals surface area contributed by atoms with Gasteiger partial charge < -0.3 is 5.32 Å². The first-order valence-corrected chi connectivity index (χ1v) is 9.30. The molecule has 21 heavy (non-hydrogen) atoms. The van der Waals surface area contributed by atoms with E-state index in [2.05, 4.69) is 26.0 Å². The molecule has 0 saturated carbocycles. The molecule has 2 rings (SSSR count). The lowest BCUT2D eigenvalue weighted by Gasteiger charge is -2.22. The predicted octanol–water partition coefficient (Wildman–Crippen LogP) is 3.19. The molecule has 0 amide bonds. The zero-order valence-electron chi connectivity index (χ0n) is 11.4. The van der Waals surface area contributed by atoms with Crippen molar-refractivity contribution in [3.05, 3.63) is 27.7 Å². The summed E-state index contributed by atoms with van der Waals surface area (Å²) in [7, 11) is -3.48. The van der Waals surface area contributed by atoms with E-state index in [1.54, 1.807) is 12.1 Å². The largest absolute Gasteiger partial charge is 0.316 e. The van der Waals surface area contributed by atoms with Crippen LogP contribution in [-0.4, -0.2) is 28.1 Å². The lowest BCUT2D eigenvalue weighted by molar-refractivity contribution is 0.358. The molecule has 1 saturated heterocycles. The van der Waals surface area contributed by atoms with Crippen LogP contribution in [0.2, 0.25) is 5.02 Å². The van der Waals surface area contributed by atoms with Crippen LogP contribution in [0, 0.1) is 5.92 Å². The second kappa shape index (κ2) is 8.70. The van der Waals surface area contributed by atoms with E-state index in [1.165, 1.54) is 18.9 Å². The van der Waals surface area contributed by atoms with Gasteiger partial charge in [0.25, 0.3) is 0 Å². The van der Waals surface area contributed by atoms with Gasteiger partial charge in [-0.2, -0.15) is 0 Å². The van der Waals surface area contributed by atoms with Crippen LogP contribution in [-0.2, 0) is 10.0 Å². The van der Waals surface area contributed by atoms with Gasteiger partial charge in [-0.1, -0.05) is 11.6 Å². The third kappa shape index (κ3) is 5.69. The Morgan fingerprint density at radius 2 is 2.19 bits per heavy atom. The minimum absolute atomic E-state index is 0. The number of rotatable bonds is 5. The predicted molar refractivity (Wildman–Crippen MR) is 91.8 cm³/mol. The summed E-state index contributed by atoms with van der Waals surface area (Å²) in [6, 6.07) is 4.64. The molecule has 0 radical (unpaired) electrons. The first-order chi connectivity index (χ1) is 9.49. The van der Waals surface area contributed by atoms with Crippen LogP contribution >= 0.6 is 39.9 Å². The summed E-state index contributed by atoms with van der Waals surface area (Å²) in [5, 5.41) is 3.72. The highest BCUT2D eigenvalue weighted by Gasteiger charge is 2.17. The molecule has 1 aromatic rings. The number of hydrogen-bond acceptors (Lipinski definition) is 3. The molecule has 0 aromatic heterocycles. The van der Waals surface area contributed by atoms with Gasteiger partial charge in [0, 0.05) is 11.0 Å². The van der Waals surface area contributed by atoms with Crippen molar-refractivity contribution in [2.24, 2.45) is 5.92 Å². The smallest absolute Gasteiger partial charge is 0.240 e. The Kier molecular flexibility index (Phi) is 7.95. The molecule has 120 valence electrons. The van der Waals surface area contributed by atoms with Crippen LogP contribution in [0.1, 0.15) is 19.3 Å². The van der Waals surface area contributed by atoms with E-state index in [9.17, 15) is 8.42 Å². The molecule has 1 aliphatic rings. The molecule has 0 spiro atoms. The average molecular weight is 418 g/mol. The summed E-state index contributed by atoms with van der Waals surface area (Å²) < 4.78 is 27.6. The van der Waals surface area contributed by atoms with Crippen molar-refractivity contribution in [2.75, 3.05) is 19.6 Å². The summed E-state index contributed by atoms with van der Waals surface area (Å²) in [6.07, 6.45) is 3.19. The first kappa shape index (κ1) is 19.2. The number of sulfonamides is 1. The third-order valence-electron chi connectivity index (χ3n) is 3.44. The maximum absolute atomic E-state index is 12.1. The highest BCUT2D eigenvalue weighted by Crippen LogP contribution is 2.25. The van der Waals surface area contributed by atoms with Gasteiger partial charge in [-0.3, -0.25) is 0 Å². The Hall–Kier alpha value is 0.150. The van der Waals surface area contributed by atoms with Crippen molar-refractivity contribution < 1.29 is 8.42 Å². The number of benzene rings is 1. The monoisotopic (exact) mass is 416 g/mol. The van der Waals surface area contributed by atoms with Crippen molar-refractivity contribution in [2.45, 2.75) is 24.2 Å². The molecule has 1 unspecified atom stereocenters. The highest BCUT2D eigenvalue weighted by atomic mass is 79.9. The molecule has 0 bridgehead atoms. The molecule has 1 aromatic carbocycles. The van der Waals surface area contributed by atoms with E-state index in [0.717, 1.165) is 19.5 Å². The van der Waals surface area contributed by atoms with Crippen molar-refractivity contribution in [1.82, 2.24) is 10.0 Å². The Bertz CT molecular complexity index is 563. The standard InChI is InChI=1S/C13H18BrClN2O2S.ClH/c14-12-4-3-11(8-13(12)15)20(18,19)17-7-5-10-2-1-6-16-9-10;/h3-4,8,10,16-17H,1-2,5-7,9H2;1H. The Morgan fingerprint density at radius 3 is 2.81 bits per heavy atom. The first-order valence-electron chi connectivity index (χ1n) is 6.64. The molecular formula is C13H19BrCl2N2O2S. The van der Waals surface area contributed by atoms with Crippen molar-refractivity contribution >= 4 is 50.0 Å². The van der Waals surface area contributed by atoms with E-state index in [0.29, 0.717) is 22.0 Å². The van der Waals surface area contributed by atoms with Gasteiger partial charge in [0.1, 0.15) is 0 Å². The SMILES string of the molecule is Cl.O=S(=O)(NCCC1CCCNC1)c1ccc(Br)c(Cl)c1. The lowest BCUT2D eigenvalue weighted by Crippen LogP contribution is -2.33. The van der Waals surface area contributed by atoms with Crippen molar-refractivity contribution in [3.8, 4) is 0 Å². The fourth-order valence-electron chi connectivity index (χ4n) is 2.30. The second-order valence-electron chi connectivity index (χ2n) is 4.97. The van der Waals surface area contributed by atoms with Crippen LogP contribution in [0.25, 0.3) is 0 Å². The highest BCUT2D eigenvalue weighted by molar-refractivity contribution is 9.10. The molecule has 1 fully saturated rings. The minimum atomic E-state index is -3.48. The average Bonchev–Trinajstić information content (AvgIpc) is 2.43. The lowest BCUT2D eigenvalue weighted by atomic mass is 9.96. The van der Waals surface area contributed by atoms with E-state index in [-0.39, 0.29) is 17.3 Å². The van der Waals surface area contributed by atoms with E-state index < -0.39 is 10.0 Å². The molecular weight excluding hydrogens is 399 g/mol. The molecule has 8 heteroatoms. The molecule has 4 nitrogen and oxygen atoms in total. The van der Waals surface area contributed by atoms with Gasteiger partial charge in [-0.15, -0.1) is 12.4 Å². The second-order valence-corrected chi connectivity index (χ2v) is 8.00. The van der Waals surface area contributed by atoms with Crippen LogP contribution in [0.5, 0.6) is 0 Å². The van der Waals surface area contributed by atoms with E-state index in [4.69, 9.17) is 11.6 Å². The maximum atomic E-state index is 12.1. The summed E-state index contributed by atoms with van der Waals surface area (Å²) >= 11 is 9.18. The number of hydrogen-bond donors (Lipinski definition) is 2. The molecule has 0 aliphatic carbocycles. The molecule has 1 heterocycles. The minimum Gasteiger partial charge on any atom is -0.316 e. The third-order valence-corrected chi connectivity index (χ3v) is 6.14. The molecule has 2 N–H and O–H groups in total. The Labute approximate surface area is 145 Å². The zero-order chi connectivity index (χ0) is 14.6. The summed E-state index contributed by atoms with van der Waals surface area (Å²) in [5.74, 6) is 0.556. The van der Waals surface area contributed by atoms with Gasteiger partial charge in [0.2, 0.25) is 10.0 Å². The Morgan fingerprint density at radius 1 is 1.43 bits per heavy atom. The normalized spacial score (nSPS) is 19.0.